The minimum absolute atomic E-state index is 0.110. The molecule has 1 heterocycles. The van der Waals surface area contributed by atoms with Gasteiger partial charge in [-0.1, -0.05) is 55.7 Å². The Kier molecular flexibility index (Phi) is 7.37. The number of anilines is 1. The smallest absolute Gasteiger partial charge is 0.305 e. The lowest BCUT2D eigenvalue weighted by molar-refractivity contribution is -0.137. The molecule has 3 N–H and O–H groups in total. The molecule has 2 amide bonds. The summed E-state index contributed by atoms with van der Waals surface area (Å²) in [4.78, 5) is 37.4. The lowest BCUT2D eigenvalue weighted by Gasteiger charge is -2.29. The summed E-state index contributed by atoms with van der Waals surface area (Å²) in [5, 5.41) is 19.6. The number of para-hydroxylation sites is 1. The second kappa shape index (κ2) is 10.8. The van der Waals surface area contributed by atoms with E-state index in [2.05, 4.69) is 15.7 Å². The number of hydrogen-bond donors (Lipinski definition) is 3. The van der Waals surface area contributed by atoms with Crippen molar-refractivity contribution in [2.75, 3.05) is 5.32 Å². The Morgan fingerprint density at radius 1 is 0.941 bits per heavy atom. The molecule has 1 unspecified atom stereocenters. The van der Waals surface area contributed by atoms with Crippen molar-refractivity contribution in [2.24, 2.45) is 5.92 Å². The highest BCUT2D eigenvalue weighted by molar-refractivity contribution is 6.04. The van der Waals surface area contributed by atoms with Gasteiger partial charge >= 0.3 is 5.97 Å². The number of carboxylic acid groups (broad SMARTS) is 1. The Hall–Kier alpha value is -3.94. The van der Waals surface area contributed by atoms with Crippen molar-refractivity contribution in [1.82, 2.24) is 15.1 Å². The van der Waals surface area contributed by atoms with E-state index < -0.39 is 17.9 Å². The van der Waals surface area contributed by atoms with Gasteiger partial charge in [0.15, 0.2) is 5.69 Å². The van der Waals surface area contributed by atoms with E-state index in [0.717, 1.165) is 32.1 Å². The lowest BCUT2D eigenvalue weighted by atomic mass is 9.82. The summed E-state index contributed by atoms with van der Waals surface area (Å²) in [5.41, 5.74) is 1.27. The van der Waals surface area contributed by atoms with Crippen molar-refractivity contribution >= 4 is 23.6 Å². The number of hydrogen-bond acceptors (Lipinski definition) is 4. The predicted octanol–water partition coefficient (Wildman–Crippen LogP) is 4.28. The van der Waals surface area contributed by atoms with E-state index in [-0.39, 0.29) is 23.9 Å². The van der Waals surface area contributed by atoms with Gasteiger partial charge in [-0.05, 0) is 43.0 Å². The maximum Gasteiger partial charge on any atom is 0.305 e. The zero-order valence-corrected chi connectivity index (χ0v) is 18.8. The molecular weight excluding hydrogens is 432 g/mol. The van der Waals surface area contributed by atoms with E-state index in [1.54, 1.807) is 24.3 Å². The SMILES string of the molecule is O=C(O)CC(NC(=O)c1cc(NC(=O)c2ccccc2)n(-c2ccccc2)n1)C1CCCCC1. The molecule has 0 aliphatic heterocycles. The zero-order chi connectivity index (χ0) is 23.9. The summed E-state index contributed by atoms with van der Waals surface area (Å²) in [6.07, 6.45) is 4.87. The summed E-state index contributed by atoms with van der Waals surface area (Å²) in [5.74, 6) is -1.25. The Morgan fingerprint density at radius 2 is 1.59 bits per heavy atom. The van der Waals surface area contributed by atoms with Gasteiger partial charge < -0.3 is 15.7 Å². The van der Waals surface area contributed by atoms with Crippen molar-refractivity contribution in [1.29, 1.82) is 0 Å². The molecule has 1 atom stereocenters. The molecule has 176 valence electrons. The first kappa shape index (κ1) is 23.2. The van der Waals surface area contributed by atoms with Crippen LogP contribution in [0.5, 0.6) is 0 Å². The standard InChI is InChI=1S/C26H28N4O4/c31-24(32)17-21(18-10-4-1-5-11-18)27-26(34)22-16-23(28-25(33)19-12-6-2-7-13-19)30(29-22)20-14-8-3-9-15-20/h2-3,6-9,12-16,18,21H,1,4-5,10-11,17H2,(H,27,34)(H,28,33)(H,31,32). The number of aliphatic carboxylic acids is 1. The Morgan fingerprint density at radius 3 is 2.24 bits per heavy atom. The van der Waals surface area contributed by atoms with Gasteiger partial charge in [-0.3, -0.25) is 14.4 Å². The third-order valence-corrected chi connectivity index (χ3v) is 6.15. The number of carbonyl (C=O) groups is 3. The number of nitrogens with zero attached hydrogens (tertiary/aromatic N) is 2. The summed E-state index contributed by atoms with van der Waals surface area (Å²) in [7, 11) is 0. The highest BCUT2D eigenvalue weighted by Gasteiger charge is 2.28. The van der Waals surface area contributed by atoms with Crippen molar-refractivity contribution in [3.05, 3.63) is 78.0 Å². The van der Waals surface area contributed by atoms with E-state index in [4.69, 9.17) is 0 Å². The summed E-state index contributed by atoms with van der Waals surface area (Å²) in [6.45, 7) is 0. The molecule has 0 saturated heterocycles. The molecule has 1 fully saturated rings. The first-order valence-electron chi connectivity index (χ1n) is 11.6. The molecule has 1 saturated carbocycles. The van der Waals surface area contributed by atoms with Crippen LogP contribution in [0.1, 0.15) is 59.4 Å². The average molecular weight is 461 g/mol. The molecule has 3 aromatic rings. The Labute approximate surface area is 198 Å². The fourth-order valence-corrected chi connectivity index (χ4v) is 4.43. The molecular formula is C26H28N4O4. The highest BCUT2D eigenvalue weighted by Crippen LogP contribution is 2.28. The maximum atomic E-state index is 13.1. The van der Waals surface area contributed by atoms with E-state index in [1.807, 2.05) is 36.4 Å². The third-order valence-electron chi connectivity index (χ3n) is 6.15. The normalized spacial score (nSPS) is 14.8. The molecule has 34 heavy (non-hydrogen) atoms. The number of carbonyl (C=O) groups excluding carboxylic acids is 2. The third kappa shape index (κ3) is 5.70. The van der Waals surface area contributed by atoms with Crippen LogP contribution >= 0.6 is 0 Å². The van der Waals surface area contributed by atoms with Crippen LogP contribution in [0, 0.1) is 5.92 Å². The van der Waals surface area contributed by atoms with Gasteiger partial charge in [0, 0.05) is 17.7 Å². The molecule has 0 spiro atoms. The highest BCUT2D eigenvalue weighted by atomic mass is 16.4. The van der Waals surface area contributed by atoms with E-state index >= 15 is 0 Å². The molecule has 0 radical (unpaired) electrons. The number of benzene rings is 2. The second-order valence-electron chi connectivity index (χ2n) is 8.56. The minimum Gasteiger partial charge on any atom is -0.481 e. The van der Waals surface area contributed by atoms with Crippen LogP contribution in [-0.2, 0) is 4.79 Å². The fraction of sp³-hybridized carbons (Fsp3) is 0.308. The van der Waals surface area contributed by atoms with Crippen molar-refractivity contribution in [2.45, 2.75) is 44.6 Å². The average Bonchev–Trinajstić information content (AvgIpc) is 3.29. The fourth-order valence-electron chi connectivity index (χ4n) is 4.43. The van der Waals surface area contributed by atoms with Crippen LogP contribution in [-0.4, -0.2) is 38.7 Å². The van der Waals surface area contributed by atoms with Crippen LogP contribution in [0.15, 0.2) is 66.7 Å². The summed E-state index contributed by atoms with van der Waals surface area (Å²) >= 11 is 0. The number of rotatable bonds is 8. The molecule has 8 heteroatoms. The zero-order valence-electron chi connectivity index (χ0n) is 18.8. The van der Waals surface area contributed by atoms with Crippen LogP contribution in [0.25, 0.3) is 5.69 Å². The molecule has 4 rings (SSSR count). The van der Waals surface area contributed by atoms with Gasteiger partial charge in [0.1, 0.15) is 5.82 Å². The van der Waals surface area contributed by atoms with Crippen LogP contribution in [0.2, 0.25) is 0 Å². The molecule has 1 aliphatic rings. The maximum absolute atomic E-state index is 13.1. The number of nitrogens with one attached hydrogen (secondary N) is 2. The largest absolute Gasteiger partial charge is 0.481 e. The van der Waals surface area contributed by atoms with Gasteiger partial charge in [0.25, 0.3) is 11.8 Å². The summed E-state index contributed by atoms with van der Waals surface area (Å²) in [6, 6.07) is 19.0. The molecule has 1 aromatic heterocycles. The van der Waals surface area contributed by atoms with Gasteiger partial charge in [-0.25, -0.2) is 4.68 Å². The second-order valence-corrected chi connectivity index (χ2v) is 8.56. The van der Waals surface area contributed by atoms with Gasteiger partial charge in [-0.15, -0.1) is 0 Å². The number of amides is 2. The van der Waals surface area contributed by atoms with Gasteiger partial charge in [0.05, 0.1) is 12.1 Å². The predicted molar refractivity (Wildman–Crippen MR) is 128 cm³/mol. The van der Waals surface area contributed by atoms with E-state index in [0.29, 0.717) is 17.1 Å². The van der Waals surface area contributed by atoms with Crippen LogP contribution in [0.3, 0.4) is 0 Å². The Bertz CT molecular complexity index is 1140. The van der Waals surface area contributed by atoms with Gasteiger partial charge in [-0.2, -0.15) is 5.10 Å². The molecule has 1 aliphatic carbocycles. The number of aromatic nitrogens is 2. The van der Waals surface area contributed by atoms with Crippen molar-refractivity contribution < 1.29 is 19.5 Å². The Balaban J connectivity index is 1.60. The van der Waals surface area contributed by atoms with Crippen LogP contribution < -0.4 is 10.6 Å². The van der Waals surface area contributed by atoms with Crippen LogP contribution in [0.4, 0.5) is 5.82 Å². The van der Waals surface area contributed by atoms with Gasteiger partial charge in [0.2, 0.25) is 0 Å². The van der Waals surface area contributed by atoms with Crippen molar-refractivity contribution in [3.63, 3.8) is 0 Å². The first-order chi connectivity index (χ1) is 16.5. The van der Waals surface area contributed by atoms with Crippen molar-refractivity contribution in [3.8, 4) is 5.69 Å². The molecule has 2 aromatic carbocycles. The first-order valence-corrected chi connectivity index (χ1v) is 11.6. The van der Waals surface area contributed by atoms with E-state index in [1.165, 1.54) is 10.7 Å². The quantitative estimate of drug-likeness (QED) is 0.464. The minimum atomic E-state index is -0.943. The monoisotopic (exact) mass is 460 g/mol. The molecule has 0 bridgehead atoms. The lowest BCUT2D eigenvalue weighted by Crippen LogP contribution is -2.42. The topological polar surface area (TPSA) is 113 Å². The molecule has 8 nitrogen and oxygen atoms in total. The summed E-state index contributed by atoms with van der Waals surface area (Å²) < 4.78 is 1.50. The number of carboxylic acids is 1. The van der Waals surface area contributed by atoms with E-state index in [9.17, 15) is 19.5 Å².